The lowest BCUT2D eigenvalue weighted by molar-refractivity contribution is -0.116. The van der Waals surface area contributed by atoms with Crippen molar-refractivity contribution in [1.82, 2.24) is 9.55 Å². The number of carbonyl (C=O) groups excluding carboxylic acids is 2. The molecule has 1 amide bonds. The molecular weight excluding hydrogens is 442 g/mol. The Bertz CT molecular complexity index is 1540. The van der Waals surface area contributed by atoms with Crippen LogP contribution in [0.5, 0.6) is 0 Å². The first kappa shape index (κ1) is 23.5. The van der Waals surface area contributed by atoms with Gasteiger partial charge in [-0.3, -0.25) is 14.2 Å². The van der Waals surface area contributed by atoms with Crippen molar-refractivity contribution in [2.75, 3.05) is 12.4 Å². The molecule has 174 valence electrons. The van der Waals surface area contributed by atoms with Crippen molar-refractivity contribution in [2.45, 2.75) is 19.9 Å². The Morgan fingerprint density at radius 1 is 1.00 bits per heavy atom. The first-order valence-corrected chi connectivity index (χ1v) is 11.0. The van der Waals surface area contributed by atoms with E-state index in [2.05, 4.69) is 22.1 Å². The van der Waals surface area contributed by atoms with Crippen LogP contribution in [0.3, 0.4) is 0 Å². The average molecular weight is 466 g/mol. The Hall–Kier alpha value is -4.70. The molecule has 0 aliphatic heterocycles. The predicted molar refractivity (Wildman–Crippen MR) is 134 cm³/mol. The molecule has 0 spiro atoms. The van der Waals surface area contributed by atoms with Crippen LogP contribution in [0.1, 0.15) is 33.5 Å². The molecule has 0 aliphatic rings. The molecule has 0 saturated carbocycles. The van der Waals surface area contributed by atoms with Gasteiger partial charge in [-0.25, -0.2) is 9.78 Å². The minimum absolute atomic E-state index is 0.120. The number of benzene rings is 3. The van der Waals surface area contributed by atoms with Crippen molar-refractivity contribution in [3.63, 3.8) is 0 Å². The van der Waals surface area contributed by atoms with Gasteiger partial charge in [0.05, 0.1) is 29.9 Å². The van der Waals surface area contributed by atoms with Crippen molar-refractivity contribution in [1.29, 1.82) is 0 Å². The summed E-state index contributed by atoms with van der Waals surface area (Å²) in [6.45, 7) is 2.13. The van der Waals surface area contributed by atoms with Crippen LogP contribution >= 0.6 is 0 Å². The number of aromatic nitrogens is 2. The molecule has 1 N–H and O–H groups in total. The van der Waals surface area contributed by atoms with Gasteiger partial charge in [-0.05, 0) is 55.0 Å². The number of rotatable bonds is 5. The molecule has 1 aromatic heterocycles. The number of amides is 1. The van der Waals surface area contributed by atoms with E-state index < -0.39 is 5.97 Å². The number of carbonyl (C=O) groups is 2. The Morgan fingerprint density at radius 3 is 2.49 bits per heavy atom. The predicted octanol–water partition coefficient (Wildman–Crippen LogP) is 3.92. The van der Waals surface area contributed by atoms with E-state index in [1.807, 2.05) is 25.1 Å². The number of anilines is 1. The van der Waals surface area contributed by atoms with Gasteiger partial charge in [0, 0.05) is 29.8 Å². The van der Waals surface area contributed by atoms with Crippen LogP contribution in [0.4, 0.5) is 5.69 Å². The molecule has 4 rings (SSSR count). The molecule has 1 heterocycles. The van der Waals surface area contributed by atoms with Crippen molar-refractivity contribution >= 4 is 28.5 Å². The van der Waals surface area contributed by atoms with E-state index in [0.29, 0.717) is 33.3 Å². The fourth-order valence-corrected chi connectivity index (χ4v) is 3.60. The van der Waals surface area contributed by atoms with E-state index in [-0.39, 0.29) is 24.4 Å². The van der Waals surface area contributed by atoms with Gasteiger partial charge >= 0.3 is 5.97 Å². The second-order valence-electron chi connectivity index (χ2n) is 7.92. The van der Waals surface area contributed by atoms with Crippen LogP contribution in [-0.4, -0.2) is 28.5 Å². The lowest BCUT2D eigenvalue weighted by atomic mass is 10.1. The normalized spacial score (nSPS) is 10.3. The maximum absolute atomic E-state index is 12.7. The van der Waals surface area contributed by atoms with Gasteiger partial charge in [-0.15, -0.1) is 0 Å². The highest BCUT2D eigenvalue weighted by molar-refractivity contribution is 5.91. The second-order valence-corrected chi connectivity index (χ2v) is 7.92. The van der Waals surface area contributed by atoms with Gasteiger partial charge in [-0.2, -0.15) is 0 Å². The first-order valence-electron chi connectivity index (χ1n) is 11.0. The molecule has 0 aliphatic carbocycles. The standard InChI is InChI=1S/C28H23N3O4/c1-19-6-3-11-24-26(19)29-18-31(27(24)33)15-14-25(32)30-23-10-5-8-21(17-23)13-12-20-7-4-9-22(16-20)28(34)35-2/h3-11,16-18H,14-15H2,1-2H3,(H,30,32). The van der Waals surface area contributed by atoms with Gasteiger partial charge in [0.15, 0.2) is 0 Å². The van der Waals surface area contributed by atoms with Crippen molar-refractivity contribution < 1.29 is 14.3 Å². The highest BCUT2D eigenvalue weighted by Gasteiger charge is 2.09. The van der Waals surface area contributed by atoms with Gasteiger partial charge in [-0.1, -0.05) is 36.1 Å². The highest BCUT2D eigenvalue weighted by Crippen LogP contribution is 2.13. The third kappa shape index (κ3) is 5.63. The molecule has 4 aromatic rings. The molecule has 0 radical (unpaired) electrons. The summed E-state index contributed by atoms with van der Waals surface area (Å²) in [6.07, 6.45) is 1.60. The second kappa shape index (κ2) is 10.5. The number of nitrogens with one attached hydrogen (secondary N) is 1. The quantitative estimate of drug-likeness (QED) is 0.356. The zero-order chi connectivity index (χ0) is 24.8. The number of methoxy groups -OCH3 is 1. The maximum Gasteiger partial charge on any atom is 0.337 e. The number of hydrogen-bond donors (Lipinski definition) is 1. The molecule has 7 heteroatoms. The Balaban J connectivity index is 1.42. The minimum atomic E-state index is -0.421. The summed E-state index contributed by atoms with van der Waals surface area (Å²) in [7, 11) is 1.33. The summed E-state index contributed by atoms with van der Waals surface area (Å²) in [5, 5.41) is 3.38. The van der Waals surface area contributed by atoms with E-state index in [1.165, 1.54) is 18.0 Å². The molecule has 7 nitrogen and oxygen atoms in total. The summed E-state index contributed by atoms with van der Waals surface area (Å²) in [5.41, 5.74) is 3.85. The Morgan fingerprint density at radius 2 is 1.71 bits per heavy atom. The number of ether oxygens (including phenoxy) is 1. The average Bonchev–Trinajstić information content (AvgIpc) is 2.87. The molecule has 0 fully saturated rings. The topological polar surface area (TPSA) is 90.3 Å². The van der Waals surface area contributed by atoms with Crippen LogP contribution in [-0.2, 0) is 16.1 Å². The molecule has 35 heavy (non-hydrogen) atoms. The number of para-hydroxylation sites is 1. The van der Waals surface area contributed by atoms with Crippen LogP contribution in [0.15, 0.2) is 77.9 Å². The Kier molecular flexibility index (Phi) is 7.03. The SMILES string of the molecule is COC(=O)c1cccc(C#Cc2cccc(NC(=O)CCn3cnc4c(C)cccc4c3=O)c2)c1. The third-order valence-electron chi connectivity index (χ3n) is 5.42. The lowest BCUT2D eigenvalue weighted by Gasteiger charge is -2.09. The number of fused-ring (bicyclic) bond motifs is 1. The van der Waals surface area contributed by atoms with Crippen LogP contribution in [0, 0.1) is 18.8 Å². The summed E-state index contributed by atoms with van der Waals surface area (Å²) < 4.78 is 6.19. The smallest absolute Gasteiger partial charge is 0.337 e. The largest absolute Gasteiger partial charge is 0.465 e. The summed E-state index contributed by atoms with van der Waals surface area (Å²) in [5.74, 6) is 5.41. The zero-order valence-electron chi connectivity index (χ0n) is 19.4. The van der Waals surface area contributed by atoms with E-state index in [9.17, 15) is 14.4 Å². The molecular formula is C28H23N3O4. The van der Waals surface area contributed by atoms with E-state index in [0.717, 1.165) is 5.56 Å². The van der Waals surface area contributed by atoms with Gasteiger partial charge in [0.2, 0.25) is 5.91 Å². The minimum Gasteiger partial charge on any atom is -0.465 e. The fourth-order valence-electron chi connectivity index (χ4n) is 3.60. The molecule has 3 aromatic carbocycles. The van der Waals surface area contributed by atoms with Crippen LogP contribution < -0.4 is 10.9 Å². The van der Waals surface area contributed by atoms with Crippen LogP contribution in [0.25, 0.3) is 10.9 Å². The molecule has 0 atom stereocenters. The van der Waals surface area contributed by atoms with Crippen molar-refractivity contribution in [3.05, 3.63) is 106 Å². The molecule has 0 unspecified atom stereocenters. The van der Waals surface area contributed by atoms with E-state index in [1.54, 1.807) is 48.5 Å². The fraction of sp³-hybridized carbons (Fsp3) is 0.143. The summed E-state index contributed by atoms with van der Waals surface area (Å²) in [4.78, 5) is 41.3. The summed E-state index contributed by atoms with van der Waals surface area (Å²) in [6, 6.07) is 19.5. The number of esters is 1. The first-order chi connectivity index (χ1) is 16.9. The van der Waals surface area contributed by atoms with Crippen molar-refractivity contribution in [2.24, 2.45) is 0 Å². The zero-order valence-corrected chi connectivity index (χ0v) is 19.4. The number of nitrogens with zero attached hydrogens (tertiary/aromatic N) is 2. The third-order valence-corrected chi connectivity index (χ3v) is 5.42. The van der Waals surface area contributed by atoms with Gasteiger partial charge in [0.1, 0.15) is 0 Å². The number of aryl methyl sites for hydroxylation is 2. The lowest BCUT2D eigenvalue weighted by Crippen LogP contribution is -2.23. The molecule has 0 bridgehead atoms. The monoisotopic (exact) mass is 465 g/mol. The maximum atomic E-state index is 12.7. The van der Waals surface area contributed by atoms with Crippen LogP contribution in [0.2, 0.25) is 0 Å². The van der Waals surface area contributed by atoms with E-state index in [4.69, 9.17) is 4.74 Å². The highest BCUT2D eigenvalue weighted by atomic mass is 16.5. The van der Waals surface area contributed by atoms with E-state index >= 15 is 0 Å². The van der Waals surface area contributed by atoms with Gasteiger partial charge < -0.3 is 10.1 Å². The summed E-state index contributed by atoms with van der Waals surface area (Å²) >= 11 is 0. The molecule has 0 saturated heterocycles. The van der Waals surface area contributed by atoms with Gasteiger partial charge in [0.25, 0.3) is 5.56 Å². The number of hydrogen-bond acceptors (Lipinski definition) is 5. The van der Waals surface area contributed by atoms with Crippen molar-refractivity contribution in [3.8, 4) is 11.8 Å². The Labute approximate surface area is 202 Å².